The van der Waals surface area contributed by atoms with Crippen molar-refractivity contribution in [3.8, 4) is 5.69 Å². The maximum absolute atomic E-state index is 13.0. The highest BCUT2D eigenvalue weighted by Crippen LogP contribution is 2.37. The molecular weight excluding hydrogens is 323 g/mol. The SMILES string of the molecule is CC1(CO)CCCC1NC(=O)NCc1ccn(-c2ccc(F)cc2)n1. The van der Waals surface area contributed by atoms with Gasteiger partial charge in [0.25, 0.3) is 0 Å². The van der Waals surface area contributed by atoms with Gasteiger partial charge in [0.1, 0.15) is 5.82 Å². The number of hydrogen-bond donors (Lipinski definition) is 3. The molecule has 1 aliphatic rings. The minimum absolute atomic E-state index is 0.0192. The summed E-state index contributed by atoms with van der Waals surface area (Å²) in [4.78, 5) is 12.1. The summed E-state index contributed by atoms with van der Waals surface area (Å²) in [6, 6.07) is 7.56. The van der Waals surface area contributed by atoms with Gasteiger partial charge in [-0.05, 0) is 43.2 Å². The van der Waals surface area contributed by atoms with E-state index in [2.05, 4.69) is 15.7 Å². The quantitative estimate of drug-likeness (QED) is 0.778. The van der Waals surface area contributed by atoms with E-state index in [1.807, 2.05) is 6.92 Å². The van der Waals surface area contributed by atoms with Crippen LogP contribution in [0.5, 0.6) is 0 Å². The van der Waals surface area contributed by atoms with Gasteiger partial charge in [0.15, 0.2) is 0 Å². The molecule has 1 saturated carbocycles. The Hall–Kier alpha value is -2.41. The molecule has 7 heteroatoms. The molecule has 1 aliphatic carbocycles. The molecule has 2 unspecified atom stereocenters. The van der Waals surface area contributed by atoms with Crippen molar-refractivity contribution in [2.45, 2.75) is 38.8 Å². The largest absolute Gasteiger partial charge is 0.396 e. The Balaban J connectivity index is 1.53. The number of aliphatic hydroxyl groups excluding tert-OH is 1. The second-order valence-electron chi connectivity index (χ2n) is 6.81. The van der Waals surface area contributed by atoms with Gasteiger partial charge in [-0.1, -0.05) is 13.3 Å². The number of urea groups is 1. The maximum atomic E-state index is 13.0. The molecule has 1 fully saturated rings. The molecule has 0 aliphatic heterocycles. The summed E-state index contributed by atoms with van der Waals surface area (Å²) in [5, 5.41) is 19.7. The van der Waals surface area contributed by atoms with Crippen molar-refractivity contribution in [3.63, 3.8) is 0 Å². The first-order chi connectivity index (χ1) is 12.0. The number of nitrogens with one attached hydrogen (secondary N) is 2. The van der Waals surface area contributed by atoms with Gasteiger partial charge in [-0.3, -0.25) is 0 Å². The normalized spacial score (nSPS) is 22.8. The number of amides is 2. The summed E-state index contributed by atoms with van der Waals surface area (Å²) in [5.41, 5.74) is 1.21. The summed E-state index contributed by atoms with van der Waals surface area (Å²) in [7, 11) is 0. The Bertz CT molecular complexity index is 731. The van der Waals surface area contributed by atoms with Gasteiger partial charge in [-0.2, -0.15) is 5.10 Å². The predicted octanol–water partition coefficient (Wildman–Crippen LogP) is 2.36. The van der Waals surface area contributed by atoms with Crippen LogP contribution in [0.2, 0.25) is 0 Å². The lowest BCUT2D eigenvalue weighted by molar-refractivity contribution is 0.121. The lowest BCUT2D eigenvalue weighted by atomic mass is 9.86. The first-order valence-electron chi connectivity index (χ1n) is 8.46. The number of aromatic nitrogens is 2. The van der Waals surface area contributed by atoms with Gasteiger partial charge in [0.2, 0.25) is 0 Å². The van der Waals surface area contributed by atoms with E-state index in [4.69, 9.17) is 0 Å². The zero-order chi connectivity index (χ0) is 17.9. The van der Waals surface area contributed by atoms with Crippen LogP contribution >= 0.6 is 0 Å². The summed E-state index contributed by atoms with van der Waals surface area (Å²) < 4.78 is 14.6. The molecule has 3 N–H and O–H groups in total. The maximum Gasteiger partial charge on any atom is 0.315 e. The minimum atomic E-state index is -0.295. The molecule has 6 nitrogen and oxygen atoms in total. The average Bonchev–Trinajstić information content (AvgIpc) is 3.22. The zero-order valence-corrected chi connectivity index (χ0v) is 14.2. The molecule has 1 aromatic carbocycles. The second kappa shape index (κ2) is 7.23. The molecule has 1 aromatic heterocycles. The van der Waals surface area contributed by atoms with Gasteiger partial charge in [0, 0.05) is 17.7 Å². The molecule has 25 heavy (non-hydrogen) atoms. The van der Waals surface area contributed by atoms with Crippen molar-refractivity contribution in [2.75, 3.05) is 6.61 Å². The van der Waals surface area contributed by atoms with E-state index < -0.39 is 0 Å². The van der Waals surface area contributed by atoms with Gasteiger partial charge in [-0.25, -0.2) is 13.9 Å². The summed E-state index contributed by atoms with van der Waals surface area (Å²) in [6.45, 7) is 2.36. The van der Waals surface area contributed by atoms with Gasteiger partial charge < -0.3 is 15.7 Å². The van der Waals surface area contributed by atoms with Gasteiger partial charge >= 0.3 is 6.03 Å². The smallest absolute Gasteiger partial charge is 0.315 e. The average molecular weight is 346 g/mol. The third kappa shape index (κ3) is 3.99. The predicted molar refractivity (Wildman–Crippen MR) is 91.7 cm³/mol. The number of carbonyl (C=O) groups is 1. The Morgan fingerprint density at radius 3 is 2.88 bits per heavy atom. The number of carbonyl (C=O) groups excluding carboxylic acids is 1. The summed E-state index contributed by atoms with van der Waals surface area (Å²) in [6.07, 6.45) is 4.56. The fourth-order valence-electron chi connectivity index (χ4n) is 3.24. The molecular formula is C18H23FN4O2. The number of benzene rings is 1. The number of rotatable bonds is 5. The molecule has 2 amide bonds. The third-order valence-electron chi connectivity index (χ3n) is 4.91. The van der Waals surface area contributed by atoms with Crippen LogP contribution in [-0.2, 0) is 6.54 Å². The number of aliphatic hydroxyl groups is 1. The molecule has 0 spiro atoms. The van der Waals surface area contributed by atoms with Gasteiger partial charge in [0.05, 0.1) is 24.5 Å². The highest BCUT2D eigenvalue weighted by atomic mass is 19.1. The zero-order valence-electron chi connectivity index (χ0n) is 14.2. The van der Waals surface area contributed by atoms with Crippen LogP contribution < -0.4 is 10.6 Å². The van der Waals surface area contributed by atoms with Crippen LogP contribution in [0.4, 0.5) is 9.18 Å². The van der Waals surface area contributed by atoms with E-state index in [1.165, 1.54) is 12.1 Å². The summed E-state index contributed by atoms with van der Waals surface area (Å²) >= 11 is 0. The summed E-state index contributed by atoms with van der Waals surface area (Å²) in [5.74, 6) is -0.295. The Labute approximate surface area is 146 Å². The van der Waals surface area contributed by atoms with E-state index in [9.17, 15) is 14.3 Å². The fraction of sp³-hybridized carbons (Fsp3) is 0.444. The lowest BCUT2D eigenvalue weighted by Crippen LogP contribution is -2.48. The minimum Gasteiger partial charge on any atom is -0.396 e. The third-order valence-corrected chi connectivity index (χ3v) is 4.91. The van der Waals surface area contributed by atoms with Crippen molar-refractivity contribution < 1.29 is 14.3 Å². The topological polar surface area (TPSA) is 79.2 Å². The highest BCUT2D eigenvalue weighted by molar-refractivity contribution is 5.74. The monoisotopic (exact) mass is 346 g/mol. The fourth-order valence-corrected chi connectivity index (χ4v) is 3.24. The lowest BCUT2D eigenvalue weighted by Gasteiger charge is -2.30. The number of nitrogens with zero attached hydrogens (tertiary/aromatic N) is 2. The van der Waals surface area contributed by atoms with Crippen molar-refractivity contribution in [1.29, 1.82) is 0 Å². The number of halogens is 1. The molecule has 0 bridgehead atoms. The van der Waals surface area contributed by atoms with E-state index >= 15 is 0 Å². The van der Waals surface area contributed by atoms with Crippen LogP contribution in [0.15, 0.2) is 36.5 Å². The van der Waals surface area contributed by atoms with Crippen LogP contribution in [0.25, 0.3) is 5.69 Å². The molecule has 0 radical (unpaired) electrons. The van der Waals surface area contributed by atoms with E-state index in [0.717, 1.165) is 24.9 Å². The van der Waals surface area contributed by atoms with E-state index in [-0.39, 0.29) is 29.9 Å². The second-order valence-corrected chi connectivity index (χ2v) is 6.81. The van der Waals surface area contributed by atoms with Gasteiger partial charge in [-0.15, -0.1) is 0 Å². The standard InChI is InChI=1S/C18H23FN4O2/c1-18(12-24)9-2-3-16(18)21-17(25)20-11-14-8-10-23(22-14)15-6-4-13(19)5-7-15/h4-8,10,16,24H,2-3,9,11-12H2,1H3,(H2,20,21,25). The van der Waals surface area contributed by atoms with Crippen LogP contribution in [0.3, 0.4) is 0 Å². The molecule has 2 atom stereocenters. The van der Waals surface area contributed by atoms with E-state index in [1.54, 1.807) is 29.1 Å². The molecule has 0 saturated heterocycles. The number of hydrogen-bond acceptors (Lipinski definition) is 3. The first kappa shape index (κ1) is 17.4. The van der Waals surface area contributed by atoms with Crippen LogP contribution in [-0.4, -0.2) is 33.6 Å². The molecule has 2 aromatic rings. The van der Waals surface area contributed by atoms with Crippen molar-refractivity contribution in [1.82, 2.24) is 20.4 Å². The van der Waals surface area contributed by atoms with Crippen molar-refractivity contribution >= 4 is 6.03 Å². The molecule has 1 heterocycles. The Morgan fingerprint density at radius 2 is 2.16 bits per heavy atom. The van der Waals surface area contributed by atoms with Crippen LogP contribution in [0.1, 0.15) is 31.9 Å². The van der Waals surface area contributed by atoms with Crippen molar-refractivity contribution in [3.05, 3.63) is 48.0 Å². The van der Waals surface area contributed by atoms with Crippen LogP contribution in [0, 0.1) is 11.2 Å². The highest BCUT2D eigenvalue weighted by Gasteiger charge is 2.39. The molecule has 3 rings (SSSR count). The Kier molecular flexibility index (Phi) is 5.03. The Morgan fingerprint density at radius 1 is 1.40 bits per heavy atom. The van der Waals surface area contributed by atoms with E-state index in [0.29, 0.717) is 12.2 Å². The molecule has 134 valence electrons. The van der Waals surface area contributed by atoms with Crippen molar-refractivity contribution in [2.24, 2.45) is 5.41 Å². The first-order valence-corrected chi connectivity index (χ1v) is 8.46.